The number of aryl methyl sites for hydroxylation is 1. The van der Waals surface area contributed by atoms with Crippen molar-refractivity contribution in [3.05, 3.63) is 29.3 Å². The molecule has 0 bridgehead atoms. The van der Waals surface area contributed by atoms with Gasteiger partial charge in [0.15, 0.2) is 0 Å². The van der Waals surface area contributed by atoms with Crippen LogP contribution in [0.1, 0.15) is 23.9 Å². The minimum atomic E-state index is -1.07. The normalized spacial score (nSPS) is 15.0. The molecule has 1 aromatic rings. The third-order valence-corrected chi connectivity index (χ3v) is 2.57. The van der Waals surface area contributed by atoms with Crippen molar-refractivity contribution in [1.29, 1.82) is 0 Å². The van der Waals surface area contributed by atoms with Gasteiger partial charge in [-0.2, -0.15) is 0 Å². The van der Waals surface area contributed by atoms with Crippen LogP contribution in [-0.4, -0.2) is 26.6 Å². The van der Waals surface area contributed by atoms with Crippen LogP contribution in [0.5, 0.6) is 0 Å². The standard InChI is InChI=1S/C10H13BrFNO2/c1-6-7(12)2-3-8(13-6)10(15)9(14)4-5-11/h2-3,9-10,14-15H,4-5H2,1H3. The van der Waals surface area contributed by atoms with Crippen LogP contribution >= 0.6 is 15.9 Å². The zero-order chi connectivity index (χ0) is 11.4. The van der Waals surface area contributed by atoms with Crippen LogP contribution in [0.3, 0.4) is 0 Å². The number of halogens is 2. The summed E-state index contributed by atoms with van der Waals surface area (Å²) in [5, 5.41) is 19.8. The Morgan fingerprint density at radius 2 is 2.13 bits per heavy atom. The van der Waals surface area contributed by atoms with Crippen molar-refractivity contribution in [2.24, 2.45) is 0 Å². The number of aromatic nitrogens is 1. The summed E-state index contributed by atoms with van der Waals surface area (Å²) < 4.78 is 12.9. The number of nitrogens with zero attached hydrogens (tertiary/aromatic N) is 1. The van der Waals surface area contributed by atoms with E-state index in [2.05, 4.69) is 20.9 Å². The van der Waals surface area contributed by atoms with Crippen molar-refractivity contribution in [2.75, 3.05) is 5.33 Å². The van der Waals surface area contributed by atoms with E-state index in [-0.39, 0.29) is 5.69 Å². The molecule has 0 radical (unpaired) electrons. The summed E-state index contributed by atoms with van der Waals surface area (Å²) in [6, 6.07) is 2.62. The van der Waals surface area contributed by atoms with Crippen LogP contribution < -0.4 is 0 Å². The third-order valence-electron chi connectivity index (χ3n) is 2.12. The van der Waals surface area contributed by atoms with Crippen LogP contribution in [-0.2, 0) is 0 Å². The molecule has 2 N–H and O–H groups in total. The van der Waals surface area contributed by atoms with E-state index in [1.54, 1.807) is 0 Å². The molecule has 0 aromatic carbocycles. The largest absolute Gasteiger partial charge is 0.390 e. The minimum Gasteiger partial charge on any atom is -0.390 e. The predicted molar refractivity (Wildman–Crippen MR) is 58.3 cm³/mol. The number of hydrogen-bond acceptors (Lipinski definition) is 3. The Kier molecular flexibility index (Phi) is 4.63. The van der Waals surface area contributed by atoms with Crippen molar-refractivity contribution in [3.63, 3.8) is 0 Å². The second kappa shape index (κ2) is 5.53. The van der Waals surface area contributed by atoms with E-state index in [9.17, 15) is 14.6 Å². The van der Waals surface area contributed by atoms with E-state index in [0.29, 0.717) is 17.4 Å². The van der Waals surface area contributed by atoms with E-state index >= 15 is 0 Å². The van der Waals surface area contributed by atoms with Crippen LogP contribution in [0.25, 0.3) is 0 Å². The smallest absolute Gasteiger partial charge is 0.144 e. The SMILES string of the molecule is Cc1nc(C(O)C(O)CCBr)ccc1F. The highest BCUT2D eigenvalue weighted by Gasteiger charge is 2.19. The highest BCUT2D eigenvalue weighted by atomic mass is 79.9. The van der Waals surface area contributed by atoms with Gasteiger partial charge in [-0.05, 0) is 25.5 Å². The Morgan fingerprint density at radius 3 is 2.67 bits per heavy atom. The predicted octanol–water partition coefficient (Wildman–Crippen LogP) is 1.71. The second-order valence-electron chi connectivity index (χ2n) is 3.29. The van der Waals surface area contributed by atoms with Gasteiger partial charge >= 0.3 is 0 Å². The molecule has 2 atom stereocenters. The third kappa shape index (κ3) is 3.22. The fourth-order valence-electron chi connectivity index (χ4n) is 1.19. The summed E-state index contributed by atoms with van der Waals surface area (Å²) in [4.78, 5) is 3.88. The Hall–Kier alpha value is -0.520. The van der Waals surface area contributed by atoms with Gasteiger partial charge < -0.3 is 10.2 Å². The Bertz CT molecular complexity index is 335. The molecule has 0 aliphatic carbocycles. The maximum Gasteiger partial charge on any atom is 0.144 e. The minimum absolute atomic E-state index is 0.220. The van der Waals surface area contributed by atoms with Gasteiger partial charge in [0.05, 0.1) is 17.5 Å². The average Bonchev–Trinajstić information content (AvgIpc) is 2.21. The maximum absolute atomic E-state index is 12.9. The molecule has 0 spiro atoms. The zero-order valence-corrected chi connectivity index (χ0v) is 9.91. The number of aliphatic hydroxyl groups excluding tert-OH is 2. The monoisotopic (exact) mass is 277 g/mol. The lowest BCUT2D eigenvalue weighted by atomic mass is 10.1. The molecule has 0 aliphatic rings. The number of aliphatic hydroxyl groups is 2. The summed E-state index contributed by atoms with van der Waals surface area (Å²) >= 11 is 3.17. The molecule has 2 unspecified atom stereocenters. The molecule has 5 heteroatoms. The highest BCUT2D eigenvalue weighted by molar-refractivity contribution is 9.09. The summed E-state index contributed by atoms with van der Waals surface area (Å²) in [7, 11) is 0. The molecule has 1 aromatic heterocycles. The van der Waals surface area contributed by atoms with Crippen molar-refractivity contribution < 1.29 is 14.6 Å². The first-order valence-electron chi connectivity index (χ1n) is 4.61. The van der Waals surface area contributed by atoms with Gasteiger partial charge in [-0.25, -0.2) is 4.39 Å². The molecular formula is C10H13BrFNO2. The number of hydrogen-bond donors (Lipinski definition) is 2. The number of alkyl halides is 1. The van der Waals surface area contributed by atoms with Gasteiger partial charge in [-0.3, -0.25) is 4.98 Å². The van der Waals surface area contributed by atoms with Crippen LogP contribution in [0.15, 0.2) is 12.1 Å². The first-order valence-corrected chi connectivity index (χ1v) is 5.73. The van der Waals surface area contributed by atoms with Gasteiger partial charge in [0, 0.05) is 5.33 Å². The molecule has 0 amide bonds. The first-order chi connectivity index (χ1) is 7.06. The van der Waals surface area contributed by atoms with Crippen molar-refractivity contribution in [1.82, 2.24) is 4.98 Å². The van der Waals surface area contributed by atoms with E-state index in [1.165, 1.54) is 19.1 Å². The number of pyridine rings is 1. The Morgan fingerprint density at radius 1 is 1.47 bits per heavy atom. The van der Waals surface area contributed by atoms with E-state index in [1.807, 2.05) is 0 Å². The molecule has 15 heavy (non-hydrogen) atoms. The zero-order valence-electron chi connectivity index (χ0n) is 8.32. The van der Waals surface area contributed by atoms with Gasteiger partial charge in [-0.15, -0.1) is 0 Å². The lowest BCUT2D eigenvalue weighted by molar-refractivity contribution is 0.0146. The average molecular weight is 278 g/mol. The lowest BCUT2D eigenvalue weighted by Crippen LogP contribution is -2.20. The summed E-state index contributed by atoms with van der Waals surface area (Å²) in [5.74, 6) is -0.416. The maximum atomic E-state index is 12.9. The van der Waals surface area contributed by atoms with Gasteiger partial charge in [0.1, 0.15) is 11.9 Å². The van der Waals surface area contributed by atoms with Gasteiger partial charge in [0.25, 0.3) is 0 Å². The van der Waals surface area contributed by atoms with Crippen LogP contribution in [0, 0.1) is 12.7 Å². The van der Waals surface area contributed by atoms with E-state index in [4.69, 9.17) is 0 Å². The molecule has 84 valence electrons. The summed E-state index contributed by atoms with van der Waals surface area (Å²) in [6.07, 6.45) is -1.54. The molecule has 0 saturated carbocycles. The molecule has 1 heterocycles. The lowest BCUT2D eigenvalue weighted by Gasteiger charge is -2.16. The molecule has 0 fully saturated rings. The number of rotatable bonds is 4. The Labute approximate surface area is 96.1 Å². The first kappa shape index (κ1) is 12.5. The summed E-state index contributed by atoms with van der Waals surface area (Å²) in [5.41, 5.74) is 0.514. The molecule has 1 rings (SSSR count). The topological polar surface area (TPSA) is 53.4 Å². The van der Waals surface area contributed by atoms with E-state index < -0.39 is 18.0 Å². The molecule has 0 saturated heterocycles. The molecular weight excluding hydrogens is 265 g/mol. The van der Waals surface area contributed by atoms with Crippen LogP contribution in [0.2, 0.25) is 0 Å². The van der Waals surface area contributed by atoms with E-state index in [0.717, 1.165) is 0 Å². The summed E-state index contributed by atoms with van der Waals surface area (Å²) in [6.45, 7) is 1.52. The second-order valence-corrected chi connectivity index (χ2v) is 4.09. The van der Waals surface area contributed by atoms with Crippen molar-refractivity contribution >= 4 is 15.9 Å². The molecule has 0 aliphatic heterocycles. The highest BCUT2D eigenvalue weighted by Crippen LogP contribution is 2.18. The van der Waals surface area contributed by atoms with Crippen molar-refractivity contribution in [3.8, 4) is 0 Å². The van der Waals surface area contributed by atoms with Gasteiger partial charge in [0.2, 0.25) is 0 Å². The van der Waals surface area contributed by atoms with Crippen molar-refractivity contribution in [2.45, 2.75) is 25.6 Å². The Balaban J connectivity index is 2.81. The fourth-order valence-corrected chi connectivity index (χ4v) is 1.66. The fraction of sp³-hybridized carbons (Fsp3) is 0.500. The van der Waals surface area contributed by atoms with Crippen LogP contribution in [0.4, 0.5) is 4.39 Å². The molecule has 3 nitrogen and oxygen atoms in total. The quantitative estimate of drug-likeness (QED) is 0.824. The van der Waals surface area contributed by atoms with Gasteiger partial charge in [-0.1, -0.05) is 15.9 Å².